The Hall–Kier alpha value is -1.86. The van der Waals surface area contributed by atoms with Gasteiger partial charge in [0.15, 0.2) is 6.10 Å². The van der Waals surface area contributed by atoms with Gasteiger partial charge in [0.25, 0.3) is 0 Å². The van der Waals surface area contributed by atoms with Crippen molar-refractivity contribution in [3.63, 3.8) is 0 Å². The number of unbranched alkanes of at least 4 members (excludes halogenated alkanes) is 1. The standard InChI is InChI=1S/C30H47NO6/c1-8-9-12-31-28(34)37-24-15-29(7)14-21-17(4)10-11-22-19(6)36-27(33)26(32)30(22,35)18(5)20(21)13-23(29)25(24)16(2)3/h10,16,19-26,32,35H,5,8-9,11-15H2,1-4,6-7H3,(H,31,34)/b17-10-/t19-,20-,21+,22-,23+,24+,25+,26+,29-,30+/m0/s1. The summed E-state index contributed by atoms with van der Waals surface area (Å²) >= 11 is 0. The number of nitrogens with one attached hydrogen (secondary N) is 1. The fourth-order valence-electron chi connectivity index (χ4n) is 8.27. The largest absolute Gasteiger partial charge is 0.460 e. The monoisotopic (exact) mass is 517 g/mol. The number of aliphatic hydroxyl groups is 2. The van der Waals surface area contributed by atoms with Gasteiger partial charge in [0, 0.05) is 18.4 Å². The van der Waals surface area contributed by atoms with Gasteiger partial charge in [0.05, 0.1) is 0 Å². The van der Waals surface area contributed by atoms with Crippen LogP contribution in [0.4, 0.5) is 4.79 Å². The highest BCUT2D eigenvalue weighted by Crippen LogP contribution is 2.63. The third-order valence-electron chi connectivity index (χ3n) is 10.3. The Morgan fingerprint density at radius 2 is 2.00 bits per heavy atom. The fraction of sp³-hybridized carbons (Fsp3) is 0.800. The smallest absolute Gasteiger partial charge is 0.407 e. The number of rotatable bonds is 5. The van der Waals surface area contributed by atoms with Gasteiger partial charge in [-0.3, -0.25) is 0 Å². The first-order valence-corrected chi connectivity index (χ1v) is 14.3. The summed E-state index contributed by atoms with van der Waals surface area (Å²) in [5, 5.41) is 25.8. The Balaban J connectivity index is 1.66. The van der Waals surface area contributed by atoms with Gasteiger partial charge in [-0.2, -0.15) is 0 Å². The second-order valence-corrected chi connectivity index (χ2v) is 12.8. The number of amides is 1. The molecule has 7 nitrogen and oxygen atoms in total. The molecule has 3 fully saturated rings. The number of cyclic esters (lactones) is 1. The zero-order valence-electron chi connectivity index (χ0n) is 23.5. The number of hydrogen-bond donors (Lipinski definition) is 3. The number of hydrogen-bond acceptors (Lipinski definition) is 6. The van der Waals surface area contributed by atoms with Gasteiger partial charge in [-0.25, -0.2) is 9.59 Å². The molecule has 208 valence electrons. The number of aliphatic hydroxyl groups excluding tert-OH is 1. The van der Waals surface area contributed by atoms with Crippen molar-refractivity contribution in [3.05, 3.63) is 23.8 Å². The van der Waals surface area contributed by atoms with E-state index in [0.29, 0.717) is 24.5 Å². The Bertz CT molecular complexity index is 944. The van der Waals surface area contributed by atoms with Crippen LogP contribution in [0.25, 0.3) is 0 Å². The van der Waals surface area contributed by atoms with Crippen molar-refractivity contribution >= 4 is 12.1 Å². The van der Waals surface area contributed by atoms with Gasteiger partial charge in [-0.15, -0.1) is 0 Å². The van der Waals surface area contributed by atoms with Gasteiger partial charge in [-0.05, 0) is 80.6 Å². The molecule has 1 aliphatic heterocycles. The maximum absolute atomic E-state index is 12.6. The average Bonchev–Trinajstić information content (AvgIpc) is 3.11. The molecule has 1 heterocycles. The number of alkyl carbamates (subject to hydrolysis) is 1. The van der Waals surface area contributed by atoms with Gasteiger partial charge in [0.1, 0.15) is 17.8 Å². The molecular weight excluding hydrogens is 470 g/mol. The topological polar surface area (TPSA) is 105 Å². The lowest BCUT2D eigenvalue weighted by Gasteiger charge is -2.54. The van der Waals surface area contributed by atoms with Crippen LogP contribution >= 0.6 is 0 Å². The van der Waals surface area contributed by atoms with E-state index in [1.807, 2.05) is 0 Å². The molecular formula is C30H47NO6. The van der Waals surface area contributed by atoms with Gasteiger partial charge >= 0.3 is 12.1 Å². The van der Waals surface area contributed by atoms with E-state index in [1.54, 1.807) is 6.92 Å². The number of allylic oxidation sites excluding steroid dienone is 2. The number of ether oxygens (including phenoxy) is 2. The minimum Gasteiger partial charge on any atom is -0.460 e. The summed E-state index contributed by atoms with van der Waals surface area (Å²) in [6, 6.07) is 0. The minimum atomic E-state index is -1.73. The van der Waals surface area contributed by atoms with Gasteiger partial charge in [-0.1, -0.05) is 52.3 Å². The van der Waals surface area contributed by atoms with Crippen LogP contribution < -0.4 is 5.32 Å². The Kier molecular flexibility index (Phi) is 7.89. The molecule has 3 N–H and O–H groups in total. The van der Waals surface area contributed by atoms with Crippen LogP contribution in [0.1, 0.15) is 80.1 Å². The SMILES string of the molecule is C=C1[C@@H]2C[C@@H]3[C@@H](C(C)C)[C@H](OC(=O)NCCCC)C[C@]3(C)C[C@@H]2/C(C)=C\C[C@H]2[C@H](C)OC(=O)[C@@H](O)[C@@]12O. The van der Waals surface area contributed by atoms with Crippen LogP contribution in [0.2, 0.25) is 0 Å². The van der Waals surface area contributed by atoms with Crippen molar-refractivity contribution in [1.29, 1.82) is 0 Å². The zero-order chi connectivity index (χ0) is 27.3. The Morgan fingerprint density at radius 3 is 2.65 bits per heavy atom. The Morgan fingerprint density at radius 1 is 1.30 bits per heavy atom. The molecule has 0 unspecified atom stereocenters. The molecule has 0 aromatic heterocycles. The lowest BCUT2D eigenvalue weighted by atomic mass is 9.53. The third kappa shape index (κ3) is 4.75. The summed E-state index contributed by atoms with van der Waals surface area (Å²) in [5.41, 5.74) is 0.0497. The molecule has 7 heteroatoms. The quantitative estimate of drug-likeness (QED) is 0.276. The van der Waals surface area contributed by atoms with Gasteiger partial charge < -0.3 is 25.0 Å². The molecule has 0 aromatic carbocycles. The van der Waals surface area contributed by atoms with Crippen molar-refractivity contribution in [3.8, 4) is 0 Å². The fourth-order valence-corrected chi connectivity index (χ4v) is 8.27. The van der Waals surface area contributed by atoms with E-state index >= 15 is 0 Å². The predicted octanol–water partition coefficient (Wildman–Crippen LogP) is 4.77. The van der Waals surface area contributed by atoms with Crippen LogP contribution in [0.5, 0.6) is 0 Å². The Labute approximate surface area is 222 Å². The summed E-state index contributed by atoms with van der Waals surface area (Å²) in [6.45, 7) is 17.7. The molecule has 1 saturated heterocycles. The molecule has 37 heavy (non-hydrogen) atoms. The van der Waals surface area contributed by atoms with Crippen LogP contribution in [0, 0.1) is 40.9 Å². The number of esters is 1. The highest BCUT2D eigenvalue weighted by Gasteiger charge is 2.62. The second kappa shape index (κ2) is 10.4. The van der Waals surface area contributed by atoms with E-state index in [4.69, 9.17) is 9.47 Å². The van der Waals surface area contributed by atoms with Crippen molar-refractivity contribution in [1.82, 2.24) is 5.32 Å². The molecule has 10 atom stereocenters. The molecule has 0 radical (unpaired) electrons. The molecule has 4 rings (SSSR count). The summed E-state index contributed by atoms with van der Waals surface area (Å²) in [5.74, 6) is -0.438. The summed E-state index contributed by atoms with van der Waals surface area (Å²) < 4.78 is 11.5. The van der Waals surface area contributed by atoms with Gasteiger partial charge in [0.2, 0.25) is 0 Å². The summed E-state index contributed by atoms with van der Waals surface area (Å²) in [6.07, 6.45) is 4.40. The molecule has 0 spiro atoms. The normalized spacial score (nSPS) is 44.9. The molecule has 4 aliphatic rings. The molecule has 1 amide bonds. The number of carbonyl (C=O) groups is 2. The molecule has 0 bridgehead atoms. The maximum atomic E-state index is 12.6. The molecule has 2 saturated carbocycles. The highest BCUT2D eigenvalue weighted by molar-refractivity contribution is 5.78. The lowest BCUT2D eigenvalue weighted by molar-refractivity contribution is -0.209. The van der Waals surface area contributed by atoms with Crippen molar-refractivity contribution in [2.24, 2.45) is 40.9 Å². The number of carbonyl (C=O) groups excluding carboxylic acids is 2. The van der Waals surface area contributed by atoms with Crippen LogP contribution in [-0.2, 0) is 14.3 Å². The number of fused-ring (bicyclic) bond motifs is 3. The third-order valence-corrected chi connectivity index (χ3v) is 10.3. The van der Waals surface area contributed by atoms with Crippen molar-refractivity contribution in [2.45, 2.75) is 104 Å². The van der Waals surface area contributed by atoms with E-state index in [0.717, 1.165) is 32.1 Å². The first-order valence-electron chi connectivity index (χ1n) is 14.3. The highest BCUT2D eigenvalue weighted by atomic mass is 16.6. The van der Waals surface area contributed by atoms with Crippen LogP contribution in [0.15, 0.2) is 23.8 Å². The van der Waals surface area contributed by atoms with E-state index in [2.05, 4.69) is 52.6 Å². The molecule has 3 aliphatic carbocycles. The minimum absolute atomic E-state index is 0.0293. The first kappa shape index (κ1) is 28.2. The van der Waals surface area contributed by atoms with E-state index in [1.165, 1.54) is 5.57 Å². The first-order chi connectivity index (χ1) is 17.3. The van der Waals surface area contributed by atoms with Crippen molar-refractivity contribution in [2.75, 3.05) is 6.54 Å². The van der Waals surface area contributed by atoms with E-state index in [-0.39, 0.29) is 41.3 Å². The van der Waals surface area contributed by atoms with Crippen LogP contribution in [0.3, 0.4) is 0 Å². The zero-order valence-corrected chi connectivity index (χ0v) is 23.5. The van der Waals surface area contributed by atoms with E-state index in [9.17, 15) is 19.8 Å². The second-order valence-electron chi connectivity index (χ2n) is 12.8. The van der Waals surface area contributed by atoms with Crippen molar-refractivity contribution < 1.29 is 29.3 Å². The predicted molar refractivity (Wildman–Crippen MR) is 141 cm³/mol. The lowest BCUT2D eigenvalue weighted by Crippen LogP contribution is -2.63. The summed E-state index contributed by atoms with van der Waals surface area (Å²) in [7, 11) is 0. The average molecular weight is 518 g/mol. The molecule has 0 aromatic rings. The summed E-state index contributed by atoms with van der Waals surface area (Å²) in [4.78, 5) is 25.1. The van der Waals surface area contributed by atoms with Crippen LogP contribution in [-0.4, -0.2) is 52.7 Å². The van der Waals surface area contributed by atoms with E-state index < -0.39 is 29.7 Å². The maximum Gasteiger partial charge on any atom is 0.407 e.